The van der Waals surface area contributed by atoms with E-state index in [0.717, 1.165) is 27.1 Å². The number of carboxylic acid groups (broad SMARTS) is 1. The van der Waals surface area contributed by atoms with Crippen LogP contribution in [0.3, 0.4) is 0 Å². The zero-order chi connectivity index (χ0) is 18.5. The summed E-state index contributed by atoms with van der Waals surface area (Å²) in [6.07, 6.45) is 0.203. The predicted octanol–water partition coefficient (Wildman–Crippen LogP) is 3.14. The molecule has 2 N–H and O–H groups in total. The Morgan fingerprint density at radius 2 is 1.62 bits per heavy atom. The van der Waals surface area contributed by atoms with Gasteiger partial charge in [0, 0.05) is 13.0 Å². The summed E-state index contributed by atoms with van der Waals surface area (Å²) in [5.41, 5.74) is 0.919. The van der Waals surface area contributed by atoms with Crippen molar-refractivity contribution >= 4 is 33.4 Å². The first kappa shape index (κ1) is 17.9. The summed E-state index contributed by atoms with van der Waals surface area (Å²) in [6.45, 7) is 2.04. The fraction of sp³-hybridized carbons (Fsp3) is 0.238. The van der Waals surface area contributed by atoms with Crippen LogP contribution in [0.15, 0.2) is 54.6 Å². The zero-order valence-corrected chi connectivity index (χ0v) is 14.6. The van der Waals surface area contributed by atoms with Crippen molar-refractivity contribution in [3.8, 4) is 0 Å². The van der Waals surface area contributed by atoms with Crippen LogP contribution in [0.5, 0.6) is 0 Å². The molecule has 0 aromatic heterocycles. The molecule has 0 saturated carbocycles. The lowest BCUT2D eigenvalue weighted by Crippen LogP contribution is -2.44. The van der Waals surface area contributed by atoms with Crippen LogP contribution in [0.25, 0.3) is 21.5 Å². The van der Waals surface area contributed by atoms with Crippen LogP contribution < -0.4 is 5.32 Å². The van der Waals surface area contributed by atoms with Crippen molar-refractivity contribution in [1.29, 1.82) is 0 Å². The molecule has 0 spiro atoms. The first-order valence-corrected chi connectivity index (χ1v) is 8.59. The fourth-order valence-corrected chi connectivity index (χ4v) is 3.16. The highest BCUT2D eigenvalue weighted by Gasteiger charge is 2.22. The van der Waals surface area contributed by atoms with Crippen LogP contribution in [0.1, 0.15) is 12.5 Å². The lowest BCUT2D eigenvalue weighted by Gasteiger charge is -2.18. The second kappa shape index (κ2) is 7.97. The number of carboxylic acids is 1. The van der Waals surface area contributed by atoms with Gasteiger partial charge in [0.25, 0.3) is 0 Å². The molecule has 0 aliphatic carbocycles. The van der Waals surface area contributed by atoms with E-state index >= 15 is 0 Å². The molecular weight excluding hydrogens is 330 g/mol. The van der Waals surface area contributed by atoms with E-state index in [1.54, 1.807) is 6.92 Å². The third-order valence-corrected chi connectivity index (χ3v) is 4.36. The number of benzene rings is 3. The Kier molecular flexibility index (Phi) is 5.49. The summed E-state index contributed by atoms with van der Waals surface area (Å²) in [6, 6.07) is 16.8. The van der Waals surface area contributed by atoms with Gasteiger partial charge in [-0.2, -0.15) is 0 Å². The largest absolute Gasteiger partial charge is 0.480 e. The van der Waals surface area contributed by atoms with E-state index in [0.29, 0.717) is 6.61 Å². The van der Waals surface area contributed by atoms with Crippen LogP contribution >= 0.6 is 0 Å². The maximum absolute atomic E-state index is 11.9. The Hall–Kier alpha value is -2.92. The van der Waals surface area contributed by atoms with Gasteiger partial charge < -0.3 is 15.2 Å². The highest BCUT2D eigenvalue weighted by molar-refractivity contribution is 6.02. The predicted molar refractivity (Wildman–Crippen MR) is 101 cm³/mol. The van der Waals surface area contributed by atoms with Gasteiger partial charge in [0.1, 0.15) is 12.6 Å². The Labute approximate surface area is 151 Å². The molecular formula is C21H21NO4. The quantitative estimate of drug-likeness (QED) is 0.641. The minimum atomic E-state index is -1.06. The summed E-state index contributed by atoms with van der Waals surface area (Å²) < 4.78 is 5.06. The number of ether oxygens (including phenoxy) is 1. The maximum atomic E-state index is 11.9. The van der Waals surface area contributed by atoms with Crippen LogP contribution in [0.4, 0.5) is 0 Å². The van der Waals surface area contributed by atoms with E-state index in [-0.39, 0.29) is 13.0 Å². The van der Waals surface area contributed by atoms with Crippen LogP contribution in [0.2, 0.25) is 0 Å². The number of nitrogens with one attached hydrogen (secondary N) is 1. The van der Waals surface area contributed by atoms with E-state index in [4.69, 9.17) is 4.74 Å². The molecule has 0 aliphatic rings. The second-order valence-electron chi connectivity index (χ2n) is 6.10. The number of carbonyl (C=O) groups excluding carboxylic acids is 1. The number of rotatable bonds is 7. The molecule has 3 aromatic carbocycles. The summed E-state index contributed by atoms with van der Waals surface area (Å²) in [5, 5.41) is 16.3. The topological polar surface area (TPSA) is 75.6 Å². The molecule has 5 nitrogen and oxygen atoms in total. The van der Waals surface area contributed by atoms with Crippen molar-refractivity contribution in [3.63, 3.8) is 0 Å². The third kappa shape index (κ3) is 3.83. The van der Waals surface area contributed by atoms with Crippen molar-refractivity contribution < 1.29 is 19.4 Å². The second-order valence-corrected chi connectivity index (χ2v) is 6.10. The van der Waals surface area contributed by atoms with Crippen molar-refractivity contribution in [2.75, 3.05) is 13.2 Å². The molecule has 0 saturated heterocycles. The van der Waals surface area contributed by atoms with E-state index < -0.39 is 17.9 Å². The molecule has 0 fully saturated rings. The Morgan fingerprint density at radius 1 is 1.04 bits per heavy atom. The highest BCUT2D eigenvalue weighted by Crippen LogP contribution is 2.29. The number of fused-ring (bicyclic) bond motifs is 2. The Morgan fingerprint density at radius 3 is 2.15 bits per heavy atom. The lowest BCUT2D eigenvalue weighted by atomic mass is 9.92. The van der Waals surface area contributed by atoms with Gasteiger partial charge in [0.2, 0.25) is 5.91 Å². The lowest BCUT2D eigenvalue weighted by molar-refractivity contribution is -0.142. The molecule has 1 atom stereocenters. The average Bonchev–Trinajstić information content (AvgIpc) is 2.65. The monoisotopic (exact) mass is 351 g/mol. The number of amides is 1. The molecule has 0 radical (unpaired) electrons. The normalized spacial score (nSPS) is 12.2. The Bertz CT molecular complexity index is 897. The van der Waals surface area contributed by atoms with Gasteiger partial charge in [-0.05, 0) is 40.1 Å². The van der Waals surface area contributed by atoms with Gasteiger partial charge in [0.15, 0.2) is 0 Å². The molecule has 0 unspecified atom stereocenters. The van der Waals surface area contributed by atoms with Crippen molar-refractivity contribution in [1.82, 2.24) is 5.32 Å². The van der Waals surface area contributed by atoms with E-state index in [1.807, 2.05) is 48.5 Å². The summed E-state index contributed by atoms with van der Waals surface area (Å²) in [5.74, 6) is -1.49. The smallest absolute Gasteiger partial charge is 0.326 e. The number of hydrogen-bond donors (Lipinski definition) is 2. The van der Waals surface area contributed by atoms with Crippen molar-refractivity contribution in [2.24, 2.45) is 0 Å². The first-order valence-electron chi connectivity index (χ1n) is 8.59. The van der Waals surface area contributed by atoms with Gasteiger partial charge in [-0.15, -0.1) is 0 Å². The van der Waals surface area contributed by atoms with E-state index in [2.05, 4.69) is 11.4 Å². The Balaban J connectivity index is 2.01. The minimum Gasteiger partial charge on any atom is -0.480 e. The number of aliphatic carboxylic acids is 1. The molecule has 1 amide bonds. The number of carbonyl (C=O) groups is 2. The van der Waals surface area contributed by atoms with Gasteiger partial charge in [0.05, 0.1) is 0 Å². The molecule has 3 aromatic rings. The molecule has 0 bridgehead atoms. The zero-order valence-electron chi connectivity index (χ0n) is 14.6. The van der Waals surface area contributed by atoms with Crippen molar-refractivity contribution in [2.45, 2.75) is 19.4 Å². The molecule has 0 aliphatic heterocycles. The standard InChI is InChI=1S/C21H21NO4/c1-2-26-13-20(23)22-19(21(24)25)12-18-16-9-5-3-7-14(16)11-15-8-4-6-10-17(15)18/h3-11,19H,2,12-13H2,1H3,(H,22,23)(H,24,25)/t19-/m0/s1. The van der Waals surface area contributed by atoms with Crippen LogP contribution in [-0.2, 0) is 20.7 Å². The molecule has 134 valence electrons. The van der Waals surface area contributed by atoms with Crippen molar-refractivity contribution in [3.05, 3.63) is 60.2 Å². The summed E-state index contributed by atoms with van der Waals surface area (Å²) >= 11 is 0. The first-order chi connectivity index (χ1) is 12.6. The van der Waals surface area contributed by atoms with Crippen LogP contribution in [0, 0.1) is 0 Å². The van der Waals surface area contributed by atoms with E-state index in [9.17, 15) is 14.7 Å². The molecule has 0 heterocycles. The third-order valence-electron chi connectivity index (χ3n) is 4.36. The van der Waals surface area contributed by atoms with Gasteiger partial charge >= 0.3 is 5.97 Å². The highest BCUT2D eigenvalue weighted by atomic mass is 16.5. The molecule has 5 heteroatoms. The van der Waals surface area contributed by atoms with Gasteiger partial charge in [-0.1, -0.05) is 48.5 Å². The minimum absolute atomic E-state index is 0.142. The summed E-state index contributed by atoms with van der Waals surface area (Å²) in [4.78, 5) is 23.7. The van der Waals surface area contributed by atoms with E-state index in [1.165, 1.54) is 0 Å². The summed E-state index contributed by atoms with van der Waals surface area (Å²) in [7, 11) is 0. The van der Waals surface area contributed by atoms with Crippen LogP contribution in [-0.4, -0.2) is 36.2 Å². The average molecular weight is 351 g/mol. The van der Waals surface area contributed by atoms with Gasteiger partial charge in [-0.3, -0.25) is 4.79 Å². The van der Waals surface area contributed by atoms with Gasteiger partial charge in [-0.25, -0.2) is 4.79 Å². The fourth-order valence-electron chi connectivity index (χ4n) is 3.16. The molecule has 26 heavy (non-hydrogen) atoms. The maximum Gasteiger partial charge on any atom is 0.326 e. The number of hydrogen-bond acceptors (Lipinski definition) is 3. The molecule has 3 rings (SSSR count). The SMILES string of the molecule is CCOCC(=O)N[C@@H](Cc1c2ccccc2cc2ccccc12)C(=O)O.